The Balaban J connectivity index is 0.000000814. The van der Waals surface area contributed by atoms with E-state index in [9.17, 15) is 4.79 Å². The minimum atomic E-state index is -0.117. The zero-order valence-corrected chi connectivity index (χ0v) is 14.8. The topological polar surface area (TPSA) is 57.9 Å². The monoisotopic (exact) mass is 350 g/mol. The quantitative estimate of drug-likeness (QED) is 0.362. The second-order valence-electron chi connectivity index (χ2n) is 5.63. The van der Waals surface area contributed by atoms with E-state index in [1.807, 2.05) is 32.0 Å². The summed E-state index contributed by atoms with van der Waals surface area (Å²) in [5.74, 6) is 1.82. The van der Waals surface area contributed by atoms with Crippen LogP contribution in [0.1, 0.15) is 13.8 Å². The van der Waals surface area contributed by atoms with E-state index in [4.69, 9.17) is 18.6 Å². The van der Waals surface area contributed by atoms with Crippen LogP contribution < -0.4 is 19.6 Å². The molecule has 26 heavy (non-hydrogen) atoms. The van der Waals surface area contributed by atoms with Crippen LogP contribution in [0.15, 0.2) is 51.7 Å². The summed E-state index contributed by atoms with van der Waals surface area (Å²) in [4.78, 5) is 13.2. The molecule has 0 saturated carbocycles. The summed E-state index contributed by atoms with van der Waals surface area (Å²) in [5, 5.41) is 2.63. The molecule has 1 aromatic heterocycles. The molecule has 5 rings (SSSR count). The van der Waals surface area contributed by atoms with E-state index in [0.29, 0.717) is 39.2 Å². The first kappa shape index (κ1) is 16.3. The third-order valence-electron chi connectivity index (χ3n) is 4.36. The first-order valence-corrected chi connectivity index (χ1v) is 8.52. The Bertz CT molecular complexity index is 1190. The lowest BCUT2D eigenvalue weighted by atomic mass is 10.0. The van der Waals surface area contributed by atoms with Crippen molar-refractivity contribution in [2.45, 2.75) is 13.8 Å². The summed E-state index contributed by atoms with van der Waals surface area (Å²) < 4.78 is 22.1. The third-order valence-corrected chi connectivity index (χ3v) is 4.36. The lowest BCUT2D eigenvalue weighted by Crippen LogP contribution is -2.04. The van der Waals surface area contributed by atoms with Gasteiger partial charge in [0, 0.05) is 5.39 Å². The molecule has 0 N–H and O–H groups in total. The van der Waals surface area contributed by atoms with E-state index in [1.54, 1.807) is 31.4 Å². The molecule has 0 atom stereocenters. The number of benzene rings is 3. The average molecular weight is 350 g/mol. The zero-order chi connectivity index (χ0) is 18.3. The lowest BCUT2D eigenvalue weighted by molar-refractivity contribution is 0.174. The van der Waals surface area contributed by atoms with Crippen LogP contribution in [0.25, 0.3) is 32.7 Å². The number of fused-ring (bicyclic) bond motifs is 5. The third kappa shape index (κ3) is 2.28. The SMILES string of the molecule is CC.COc1cccc2oc3ccc4cc5c(cc4c3c(=O)c12)OCO5. The summed E-state index contributed by atoms with van der Waals surface area (Å²) in [7, 11) is 1.54. The molecular formula is C21H18O5. The Morgan fingerprint density at radius 1 is 0.923 bits per heavy atom. The second kappa shape index (κ2) is 6.26. The van der Waals surface area contributed by atoms with Crippen LogP contribution in [0.2, 0.25) is 0 Å². The zero-order valence-electron chi connectivity index (χ0n) is 14.8. The van der Waals surface area contributed by atoms with E-state index in [1.165, 1.54) is 0 Å². The largest absolute Gasteiger partial charge is 0.496 e. The van der Waals surface area contributed by atoms with Gasteiger partial charge in [0.1, 0.15) is 22.3 Å². The average Bonchev–Trinajstić information content (AvgIpc) is 3.14. The van der Waals surface area contributed by atoms with Crippen molar-refractivity contribution in [3.8, 4) is 17.2 Å². The van der Waals surface area contributed by atoms with Gasteiger partial charge in [0.05, 0.1) is 12.5 Å². The van der Waals surface area contributed by atoms with Gasteiger partial charge in [-0.3, -0.25) is 4.79 Å². The Morgan fingerprint density at radius 2 is 1.65 bits per heavy atom. The molecule has 5 nitrogen and oxygen atoms in total. The first-order chi connectivity index (χ1) is 12.8. The standard InChI is InChI=1S/C19H12O5.C2H6/c1-21-12-3-2-4-13-18(12)19(20)17-11-8-16-15(22-9-23-16)7-10(11)5-6-14(17)24-13;1-2/h2-8H,9H2,1H3;1-2H3. The second-order valence-corrected chi connectivity index (χ2v) is 5.63. The maximum Gasteiger partial charge on any atom is 0.231 e. The van der Waals surface area contributed by atoms with Gasteiger partial charge in [0.25, 0.3) is 0 Å². The van der Waals surface area contributed by atoms with Crippen LogP contribution in [0.5, 0.6) is 17.2 Å². The smallest absolute Gasteiger partial charge is 0.231 e. The van der Waals surface area contributed by atoms with Crippen LogP contribution >= 0.6 is 0 Å². The highest BCUT2D eigenvalue weighted by atomic mass is 16.7. The molecule has 2 heterocycles. The summed E-state index contributed by atoms with van der Waals surface area (Å²) >= 11 is 0. The molecular weight excluding hydrogens is 332 g/mol. The molecule has 0 radical (unpaired) electrons. The molecule has 0 spiro atoms. The highest BCUT2D eigenvalue weighted by Crippen LogP contribution is 2.38. The molecule has 1 aliphatic heterocycles. The Morgan fingerprint density at radius 3 is 2.42 bits per heavy atom. The van der Waals surface area contributed by atoms with Crippen molar-refractivity contribution < 1.29 is 18.6 Å². The van der Waals surface area contributed by atoms with E-state index in [-0.39, 0.29) is 12.2 Å². The Hall–Kier alpha value is -3.21. The molecule has 5 heteroatoms. The van der Waals surface area contributed by atoms with Gasteiger partial charge in [-0.05, 0) is 35.7 Å². The normalized spacial score (nSPS) is 12.3. The van der Waals surface area contributed by atoms with E-state index in [0.717, 1.165) is 10.8 Å². The van der Waals surface area contributed by atoms with Gasteiger partial charge in [0.2, 0.25) is 12.2 Å². The molecule has 4 aromatic rings. The van der Waals surface area contributed by atoms with Crippen molar-refractivity contribution >= 4 is 32.7 Å². The maximum atomic E-state index is 13.2. The highest BCUT2D eigenvalue weighted by Gasteiger charge is 2.19. The van der Waals surface area contributed by atoms with Crippen molar-refractivity contribution in [1.82, 2.24) is 0 Å². The van der Waals surface area contributed by atoms with Gasteiger partial charge in [-0.15, -0.1) is 0 Å². The molecule has 0 aliphatic carbocycles. The molecule has 0 saturated heterocycles. The summed E-state index contributed by atoms with van der Waals surface area (Å²) in [6, 6.07) is 12.7. The molecule has 0 unspecified atom stereocenters. The molecule has 0 fully saturated rings. The van der Waals surface area contributed by atoms with Crippen LogP contribution in [0.3, 0.4) is 0 Å². The number of hydrogen-bond acceptors (Lipinski definition) is 5. The lowest BCUT2D eigenvalue weighted by Gasteiger charge is -2.08. The minimum Gasteiger partial charge on any atom is -0.496 e. The van der Waals surface area contributed by atoms with Gasteiger partial charge in [0.15, 0.2) is 11.5 Å². The van der Waals surface area contributed by atoms with Crippen molar-refractivity contribution in [1.29, 1.82) is 0 Å². The van der Waals surface area contributed by atoms with Crippen molar-refractivity contribution in [3.63, 3.8) is 0 Å². The number of hydrogen-bond donors (Lipinski definition) is 0. The van der Waals surface area contributed by atoms with Crippen LogP contribution in [-0.4, -0.2) is 13.9 Å². The van der Waals surface area contributed by atoms with Crippen LogP contribution in [-0.2, 0) is 0 Å². The van der Waals surface area contributed by atoms with E-state index >= 15 is 0 Å². The van der Waals surface area contributed by atoms with Crippen LogP contribution in [0.4, 0.5) is 0 Å². The Labute approximate surface area is 149 Å². The fourth-order valence-corrected chi connectivity index (χ4v) is 3.25. The summed E-state index contributed by atoms with van der Waals surface area (Å²) in [6.07, 6.45) is 0. The van der Waals surface area contributed by atoms with Gasteiger partial charge < -0.3 is 18.6 Å². The van der Waals surface area contributed by atoms with Crippen molar-refractivity contribution in [3.05, 3.63) is 52.7 Å². The van der Waals surface area contributed by atoms with E-state index in [2.05, 4.69) is 0 Å². The van der Waals surface area contributed by atoms with Gasteiger partial charge in [-0.1, -0.05) is 26.0 Å². The molecule has 0 amide bonds. The highest BCUT2D eigenvalue weighted by molar-refractivity contribution is 6.09. The van der Waals surface area contributed by atoms with Gasteiger partial charge >= 0.3 is 0 Å². The number of methoxy groups -OCH3 is 1. The molecule has 0 bridgehead atoms. The molecule has 132 valence electrons. The predicted molar refractivity (Wildman–Crippen MR) is 102 cm³/mol. The fourth-order valence-electron chi connectivity index (χ4n) is 3.25. The predicted octanol–water partition coefficient (Wildman–Crippen LogP) is 4.86. The first-order valence-electron chi connectivity index (χ1n) is 8.52. The summed E-state index contributed by atoms with van der Waals surface area (Å²) in [5.41, 5.74) is 0.923. The maximum absolute atomic E-state index is 13.2. The van der Waals surface area contributed by atoms with Gasteiger partial charge in [-0.25, -0.2) is 0 Å². The van der Waals surface area contributed by atoms with Crippen LogP contribution in [0, 0.1) is 0 Å². The van der Waals surface area contributed by atoms with E-state index < -0.39 is 0 Å². The molecule has 1 aliphatic rings. The minimum absolute atomic E-state index is 0.117. The van der Waals surface area contributed by atoms with Crippen molar-refractivity contribution in [2.24, 2.45) is 0 Å². The molecule has 3 aromatic carbocycles. The Kier molecular flexibility index (Phi) is 3.92. The number of rotatable bonds is 1. The van der Waals surface area contributed by atoms with Gasteiger partial charge in [-0.2, -0.15) is 0 Å². The number of ether oxygens (including phenoxy) is 3. The fraction of sp³-hybridized carbons (Fsp3) is 0.190. The summed E-state index contributed by atoms with van der Waals surface area (Å²) in [6.45, 7) is 4.19. The van der Waals surface area contributed by atoms with Crippen molar-refractivity contribution in [2.75, 3.05) is 13.9 Å².